The highest BCUT2D eigenvalue weighted by molar-refractivity contribution is 5.73. The Morgan fingerprint density at radius 2 is 2.55 bits per heavy atom. The molecule has 1 rings (SSSR count). The Kier molecular flexibility index (Phi) is 2.41. The van der Waals surface area contributed by atoms with Gasteiger partial charge in [-0.05, 0) is 13.3 Å². The molecule has 0 aromatic carbocycles. The first kappa shape index (κ1) is 7.98. The zero-order chi connectivity index (χ0) is 8.27. The van der Waals surface area contributed by atoms with Gasteiger partial charge in [0.2, 0.25) is 0 Å². The normalized spacial score (nSPS) is 12.9. The molecule has 0 aliphatic rings. The fraction of sp³-hybridized carbons (Fsp3) is 0.500. The van der Waals surface area contributed by atoms with Crippen LogP contribution in [0, 0.1) is 0 Å². The first-order chi connectivity index (χ1) is 5.27. The maximum Gasteiger partial charge on any atom is 0.153 e. The molecule has 0 unspecified atom stereocenters. The van der Waals surface area contributed by atoms with Crippen molar-refractivity contribution in [2.24, 2.45) is 0 Å². The van der Waals surface area contributed by atoms with Crippen LogP contribution in [0.2, 0.25) is 0 Å². The van der Waals surface area contributed by atoms with Crippen LogP contribution < -0.4 is 0 Å². The predicted molar refractivity (Wildman–Crippen MR) is 42.6 cm³/mol. The Morgan fingerprint density at radius 3 is 3.00 bits per heavy atom. The van der Waals surface area contributed by atoms with Crippen molar-refractivity contribution in [3.8, 4) is 0 Å². The largest absolute Gasteiger partial charge is 0.298 e. The number of carbonyl (C=O) groups is 1. The van der Waals surface area contributed by atoms with Crippen LogP contribution in [-0.4, -0.2) is 16.1 Å². The van der Waals surface area contributed by atoms with Gasteiger partial charge in [-0.25, -0.2) is 0 Å². The van der Waals surface area contributed by atoms with Crippen LogP contribution in [0.4, 0.5) is 0 Å². The van der Waals surface area contributed by atoms with Crippen LogP contribution in [0.15, 0.2) is 12.4 Å². The predicted octanol–water partition coefficient (Wildman–Crippen LogP) is 1.67. The van der Waals surface area contributed by atoms with E-state index in [-0.39, 0.29) is 0 Å². The summed E-state index contributed by atoms with van der Waals surface area (Å²) >= 11 is 0. The summed E-state index contributed by atoms with van der Waals surface area (Å²) < 4.78 is 1.81. The standard InChI is InChI=1S/C8H12N2O/c1-3-7(2)10-5-8(6-11)4-9-10/h4-7H,3H2,1-2H3/t7-/m0/s1. The minimum Gasteiger partial charge on any atom is -0.298 e. The first-order valence-corrected chi connectivity index (χ1v) is 3.77. The SMILES string of the molecule is CC[C@H](C)n1cc(C=O)cn1. The van der Waals surface area contributed by atoms with E-state index in [9.17, 15) is 4.79 Å². The number of nitrogens with zero attached hydrogens (tertiary/aromatic N) is 2. The molecule has 0 radical (unpaired) electrons. The molecule has 1 aromatic rings. The Bertz CT molecular complexity index is 242. The van der Waals surface area contributed by atoms with Gasteiger partial charge < -0.3 is 0 Å². The molecule has 0 saturated carbocycles. The Balaban J connectivity index is 2.79. The molecule has 0 spiro atoms. The molecule has 3 heteroatoms. The van der Waals surface area contributed by atoms with Gasteiger partial charge in [-0.3, -0.25) is 9.48 Å². The van der Waals surface area contributed by atoms with Gasteiger partial charge in [0.15, 0.2) is 6.29 Å². The Hall–Kier alpha value is -1.12. The van der Waals surface area contributed by atoms with E-state index >= 15 is 0 Å². The third kappa shape index (κ3) is 1.67. The first-order valence-electron chi connectivity index (χ1n) is 3.77. The summed E-state index contributed by atoms with van der Waals surface area (Å²) in [6, 6.07) is 0.378. The molecule has 0 N–H and O–H groups in total. The van der Waals surface area contributed by atoms with E-state index in [1.807, 2.05) is 4.68 Å². The lowest BCUT2D eigenvalue weighted by Gasteiger charge is -2.07. The van der Waals surface area contributed by atoms with Crippen molar-refractivity contribution >= 4 is 6.29 Å². The summed E-state index contributed by atoms with van der Waals surface area (Å²) in [5.41, 5.74) is 0.644. The van der Waals surface area contributed by atoms with E-state index in [0.717, 1.165) is 12.7 Å². The third-order valence-corrected chi connectivity index (χ3v) is 1.80. The van der Waals surface area contributed by atoms with E-state index < -0.39 is 0 Å². The monoisotopic (exact) mass is 152 g/mol. The van der Waals surface area contributed by atoms with Gasteiger partial charge in [0.05, 0.1) is 11.8 Å². The van der Waals surface area contributed by atoms with Gasteiger partial charge >= 0.3 is 0 Å². The molecular formula is C8H12N2O. The van der Waals surface area contributed by atoms with Crippen LogP contribution in [0.1, 0.15) is 36.7 Å². The molecule has 0 aliphatic carbocycles. The average molecular weight is 152 g/mol. The van der Waals surface area contributed by atoms with Gasteiger partial charge in [0.1, 0.15) is 0 Å². The fourth-order valence-electron chi connectivity index (χ4n) is 0.842. The van der Waals surface area contributed by atoms with Crippen LogP contribution >= 0.6 is 0 Å². The van der Waals surface area contributed by atoms with E-state index in [2.05, 4.69) is 18.9 Å². The van der Waals surface area contributed by atoms with Crippen LogP contribution in [0.3, 0.4) is 0 Å². The van der Waals surface area contributed by atoms with Crippen molar-refractivity contribution in [1.29, 1.82) is 0 Å². The molecule has 3 nitrogen and oxygen atoms in total. The lowest BCUT2D eigenvalue weighted by Crippen LogP contribution is -2.03. The highest BCUT2D eigenvalue weighted by Crippen LogP contribution is 2.08. The zero-order valence-electron chi connectivity index (χ0n) is 6.82. The second kappa shape index (κ2) is 3.32. The van der Waals surface area contributed by atoms with Crippen molar-refractivity contribution in [2.45, 2.75) is 26.3 Å². The van der Waals surface area contributed by atoms with Crippen LogP contribution in [0.25, 0.3) is 0 Å². The van der Waals surface area contributed by atoms with E-state index in [1.54, 1.807) is 12.4 Å². The number of aromatic nitrogens is 2. The summed E-state index contributed by atoms with van der Waals surface area (Å²) in [6.07, 6.45) is 5.19. The minimum atomic E-state index is 0.378. The number of rotatable bonds is 3. The van der Waals surface area contributed by atoms with Crippen molar-refractivity contribution in [3.63, 3.8) is 0 Å². The van der Waals surface area contributed by atoms with Gasteiger partial charge in [0, 0.05) is 12.2 Å². The van der Waals surface area contributed by atoms with Gasteiger partial charge in [0.25, 0.3) is 0 Å². The van der Waals surface area contributed by atoms with Gasteiger partial charge in [-0.15, -0.1) is 0 Å². The molecule has 1 heterocycles. The van der Waals surface area contributed by atoms with Crippen molar-refractivity contribution in [2.75, 3.05) is 0 Å². The van der Waals surface area contributed by atoms with Gasteiger partial charge in [-0.1, -0.05) is 6.92 Å². The summed E-state index contributed by atoms with van der Waals surface area (Å²) in [5.74, 6) is 0. The molecule has 1 aromatic heterocycles. The Morgan fingerprint density at radius 1 is 1.82 bits per heavy atom. The van der Waals surface area contributed by atoms with Crippen molar-refractivity contribution < 1.29 is 4.79 Å². The summed E-state index contributed by atoms with van der Waals surface area (Å²) in [6.45, 7) is 4.16. The van der Waals surface area contributed by atoms with Crippen molar-refractivity contribution in [3.05, 3.63) is 18.0 Å². The molecule has 0 saturated heterocycles. The molecule has 0 bridgehead atoms. The average Bonchev–Trinajstić information content (AvgIpc) is 2.50. The van der Waals surface area contributed by atoms with Crippen molar-refractivity contribution in [1.82, 2.24) is 9.78 Å². The maximum atomic E-state index is 10.3. The lowest BCUT2D eigenvalue weighted by atomic mass is 10.3. The third-order valence-electron chi connectivity index (χ3n) is 1.80. The summed E-state index contributed by atoms with van der Waals surface area (Å²) in [4.78, 5) is 10.3. The second-order valence-corrected chi connectivity index (χ2v) is 2.63. The molecule has 0 aliphatic heterocycles. The maximum absolute atomic E-state index is 10.3. The van der Waals surface area contributed by atoms with E-state index in [1.165, 1.54) is 0 Å². The number of hydrogen-bond donors (Lipinski definition) is 0. The number of hydrogen-bond acceptors (Lipinski definition) is 2. The van der Waals surface area contributed by atoms with E-state index in [4.69, 9.17) is 0 Å². The molecular weight excluding hydrogens is 140 g/mol. The lowest BCUT2D eigenvalue weighted by molar-refractivity contribution is 0.112. The highest BCUT2D eigenvalue weighted by atomic mass is 16.1. The topological polar surface area (TPSA) is 34.9 Å². The number of carbonyl (C=O) groups excluding carboxylic acids is 1. The fourth-order valence-corrected chi connectivity index (χ4v) is 0.842. The smallest absolute Gasteiger partial charge is 0.153 e. The molecule has 60 valence electrons. The highest BCUT2D eigenvalue weighted by Gasteiger charge is 2.02. The summed E-state index contributed by atoms with van der Waals surface area (Å²) in [7, 11) is 0. The minimum absolute atomic E-state index is 0.378. The number of aldehydes is 1. The molecule has 0 fully saturated rings. The van der Waals surface area contributed by atoms with E-state index in [0.29, 0.717) is 11.6 Å². The summed E-state index contributed by atoms with van der Waals surface area (Å²) in [5, 5.41) is 4.04. The van der Waals surface area contributed by atoms with Crippen LogP contribution in [0.5, 0.6) is 0 Å². The second-order valence-electron chi connectivity index (χ2n) is 2.63. The molecule has 0 amide bonds. The quantitative estimate of drug-likeness (QED) is 0.617. The van der Waals surface area contributed by atoms with Crippen LogP contribution in [-0.2, 0) is 0 Å². The molecule has 1 atom stereocenters. The zero-order valence-corrected chi connectivity index (χ0v) is 6.82. The Labute approximate surface area is 66.0 Å². The van der Waals surface area contributed by atoms with Gasteiger partial charge in [-0.2, -0.15) is 5.10 Å². The molecule has 11 heavy (non-hydrogen) atoms.